The lowest BCUT2D eigenvalue weighted by molar-refractivity contribution is -0.114. The average molecular weight is 331 g/mol. The van der Waals surface area contributed by atoms with Crippen LogP contribution in [0.15, 0.2) is 10.6 Å². The molecule has 1 rings (SSSR count). The van der Waals surface area contributed by atoms with Gasteiger partial charge in [-0.3, -0.25) is 4.79 Å². The molecule has 21 heavy (non-hydrogen) atoms. The summed E-state index contributed by atoms with van der Waals surface area (Å²) in [5.41, 5.74) is 2.59. The molecule has 0 saturated heterocycles. The van der Waals surface area contributed by atoms with Gasteiger partial charge in [-0.05, 0) is 29.5 Å². The molecule has 0 N–H and O–H groups in total. The number of carbonyl (C=O) groups excluding carboxylic acids is 1. The van der Waals surface area contributed by atoms with Crippen molar-refractivity contribution in [3.8, 4) is 0 Å². The van der Waals surface area contributed by atoms with Gasteiger partial charge in [-0.2, -0.15) is 0 Å². The summed E-state index contributed by atoms with van der Waals surface area (Å²) >= 11 is 6.34. The lowest BCUT2D eigenvalue weighted by Crippen LogP contribution is -2.48. The summed E-state index contributed by atoms with van der Waals surface area (Å²) in [4.78, 5) is 11.7. The normalized spacial score (nSPS) is 19.2. The largest absolute Gasteiger partial charge is 0.416 e. The number of rotatable bonds is 7. The van der Waals surface area contributed by atoms with Gasteiger partial charge in [-0.1, -0.05) is 53.1 Å². The minimum absolute atomic E-state index is 0.236. The first kappa shape index (κ1) is 18.9. The summed E-state index contributed by atoms with van der Waals surface area (Å²) in [7, 11) is -1.82. The third-order valence-electron chi connectivity index (χ3n) is 4.88. The van der Waals surface area contributed by atoms with E-state index < -0.39 is 8.32 Å². The van der Waals surface area contributed by atoms with Crippen molar-refractivity contribution in [2.75, 3.05) is 6.61 Å². The van der Waals surface area contributed by atoms with E-state index in [-0.39, 0.29) is 5.78 Å². The minimum Gasteiger partial charge on any atom is -0.416 e. The van der Waals surface area contributed by atoms with Crippen LogP contribution in [0, 0.1) is 0 Å². The van der Waals surface area contributed by atoms with Gasteiger partial charge in [0.05, 0.1) is 0 Å². The van der Waals surface area contributed by atoms with Crippen LogP contribution in [-0.4, -0.2) is 20.7 Å². The Bertz CT molecular complexity index is 378. The first-order valence-electron chi connectivity index (χ1n) is 8.28. The molecular weight excluding hydrogens is 300 g/mol. The summed E-state index contributed by atoms with van der Waals surface area (Å²) in [6, 6.07) is 0. The summed E-state index contributed by atoms with van der Waals surface area (Å²) in [5, 5.41) is 0.733. The van der Waals surface area contributed by atoms with Crippen molar-refractivity contribution < 1.29 is 9.22 Å². The van der Waals surface area contributed by atoms with Crippen molar-refractivity contribution in [2.24, 2.45) is 0 Å². The number of allylic oxidation sites excluding steroid dienone is 1. The summed E-state index contributed by atoms with van der Waals surface area (Å²) in [5.74, 6) is 0.236. The van der Waals surface area contributed by atoms with E-state index >= 15 is 0 Å². The second-order valence-electron chi connectivity index (χ2n) is 7.08. The second-order valence-corrected chi connectivity index (χ2v) is 13.0. The minimum atomic E-state index is -1.82. The third-order valence-corrected chi connectivity index (χ3v) is 11.4. The molecular formula is C17H31ClO2Si. The maximum Gasteiger partial charge on any atom is 0.200 e. The molecule has 0 aromatic rings. The standard InChI is InChI=1S/C17H31ClO2Si/c1-12(2)21(13(3)4,14(5)6)20-11-10-16(18)15-8-7-9-17(15)19/h12-14H,7-11H2,1-6H3/b16-15+. The number of carbonyl (C=O) groups is 1. The predicted molar refractivity (Wildman–Crippen MR) is 93.4 cm³/mol. The molecule has 0 aromatic carbocycles. The highest BCUT2D eigenvalue weighted by atomic mass is 35.5. The molecule has 4 heteroatoms. The lowest BCUT2D eigenvalue weighted by Gasteiger charge is -2.42. The molecule has 122 valence electrons. The van der Waals surface area contributed by atoms with E-state index in [1.807, 2.05) is 0 Å². The third kappa shape index (κ3) is 4.20. The van der Waals surface area contributed by atoms with Crippen LogP contribution in [-0.2, 0) is 9.22 Å². The molecule has 0 aliphatic heterocycles. The fourth-order valence-electron chi connectivity index (χ4n) is 3.97. The smallest absolute Gasteiger partial charge is 0.200 e. The van der Waals surface area contributed by atoms with E-state index in [2.05, 4.69) is 41.5 Å². The molecule has 0 amide bonds. The maximum absolute atomic E-state index is 11.7. The van der Waals surface area contributed by atoms with Gasteiger partial charge in [0.25, 0.3) is 0 Å². The van der Waals surface area contributed by atoms with Crippen molar-refractivity contribution in [3.05, 3.63) is 10.6 Å². The van der Waals surface area contributed by atoms with E-state index in [4.69, 9.17) is 16.0 Å². The van der Waals surface area contributed by atoms with E-state index in [0.717, 1.165) is 23.4 Å². The lowest BCUT2D eigenvalue weighted by atomic mass is 10.2. The van der Waals surface area contributed by atoms with Crippen LogP contribution < -0.4 is 0 Å². The Kier molecular flexibility index (Phi) is 7.15. The molecule has 2 nitrogen and oxygen atoms in total. The van der Waals surface area contributed by atoms with Gasteiger partial charge in [-0.25, -0.2) is 0 Å². The molecule has 0 atom stereocenters. The van der Waals surface area contributed by atoms with E-state index in [0.29, 0.717) is 36.1 Å². The molecule has 0 bridgehead atoms. The Labute approximate surface area is 136 Å². The van der Waals surface area contributed by atoms with E-state index in [1.54, 1.807) is 0 Å². The molecule has 0 unspecified atom stereocenters. The Morgan fingerprint density at radius 3 is 2.00 bits per heavy atom. The van der Waals surface area contributed by atoms with Crippen LogP contribution in [0.4, 0.5) is 0 Å². The monoisotopic (exact) mass is 330 g/mol. The van der Waals surface area contributed by atoms with Crippen LogP contribution >= 0.6 is 11.6 Å². The highest BCUT2D eigenvalue weighted by Gasteiger charge is 2.44. The average Bonchev–Trinajstić information content (AvgIpc) is 2.79. The van der Waals surface area contributed by atoms with Crippen LogP contribution in [0.2, 0.25) is 16.6 Å². The van der Waals surface area contributed by atoms with Gasteiger partial charge < -0.3 is 4.43 Å². The van der Waals surface area contributed by atoms with Crippen molar-refractivity contribution in [1.82, 2.24) is 0 Å². The van der Waals surface area contributed by atoms with Gasteiger partial charge in [0.2, 0.25) is 0 Å². The molecule has 1 aliphatic carbocycles. The van der Waals surface area contributed by atoms with Gasteiger partial charge in [-0.15, -0.1) is 0 Å². The molecule has 1 aliphatic rings. The quantitative estimate of drug-likeness (QED) is 0.434. The number of hydrogen-bond donors (Lipinski definition) is 0. The molecule has 1 fully saturated rings. The Morgan fingerprint density at radius 1 is 1.10 bits per heavy atom. The maximum atomic E-state index is 11.7. The Morgan fingerprint density at radius 2 is 1.62 bits per heavy atom. The highest BCUT2D eigenvalue weighted by molar-refractivity contribution is 6.77. The summed E-state index contributed by atoms with van der Waals surface area (Å²) in [6.45, 7) is 14.4. The Hall–Kier alpha value is -0.123. The number of Topliss-reactive ketones (excluding diaryl/α,β-unsaturated/α-hetero) is 1. The summed E-state index contributed by atoms with van der Waals surface area (Å²) < 4.78 is 6.49. The van der Waals surface area contributed by atoms with Crippen molar-refractivity contribution in [2.45, 2.75) is 83.8 Å². The van der Waals surface area contributed by atoms with E-state index in [9.17, 15) is 4.79 Å². The van der Waals surface area contributed by atoms with Crippen LogP contribution in [0.5, 0.6) is 0 Å². The topological polar surface area (TPSA) is 26.3 Å². The van der Waals surface area contributed by atoms with Crippen LogP contribution in [0.3, 0.4) is 0 Å². The number of hydrogen-bond acceptors (Lipinski definition) is 2. The number of ketones is 1. The Balaban J connectivity index is 2.73. The number of halogens is 1. The molecule has 0 heterocycles. The fourth-order valence-corrected chi connectivity index (χ4v) is 9.70. The van der Waals surface area contributed by atoms with Gasteiger partial charge in [0.15, 0.2) is 14.1 Å². The molecule has 0 spiro atoms. The summed E-state index contributed by atoms with van der Waals surface area (Å²) in [6.07, 6.45) is 3.14. The SMILES string of the molecule is CC(C)[Si](OCC/C(Cl)=C1/CCCC1=O)(C(C)C)C(C)C. The predicted octanol–water partition coefficient (Wildman–Crippen LogP) is 5.81. The zero-order valence-corrected chi connectivity index (χ0v) is 16.2. The van der Waals surface area contributed by atoms with Crippen molar-refractivity contribution in [1.29, 1.82) is 0 Å². The van der Waals surface area contributed by atoms with Crippen molar-refractivity contribution >= 4 is 25.7 Å². The molecule has 1 saturated carbocycles. The zero-order chi connectivity index (χ0) is 16.2. The first-order chi connectivity index (χ1) is 9.73. The van der Waals surface area contributed by atoms with Crippen molar-refractivity contribution in [3.63, 3.8) is 0 Å². The second kappa shape index (κ2) is 7.93. The van der Waals surface area contributed by atoms with Crippen LogP contribution in [0.1, 0.15) is 67.2 Å². The van der Waals surface area contributed by atoms with Gasteiger partial charge in [0, 0.05) is 30.1 Å². The first-order valence-corrected chi connectivity index (χ1v) is 10.8. The van der Waals surface area contributed by atoms with E-state index in [1.165, 1.54) is 0 Å². The highest BCUT2D eigenvalue weighted by Crippen LogP contribution is 2.42. The molecule has 0 aromatic heterocycles. The fraction of sp³-hybridized carbons (Fsp3) is 0.824. The van der Waals surface area contributed by atoms with Crippen LogP contribution in [0.25, 0.3) is 0 Å². The van der Waals surface area contributed by atoms with Gasteiger partial charge >= 0.3 is 0 Å². The molecule has 0 radical (unpaired) electrons. The zero-order valence-electron chi connectivity index (χ0n) is 14.5. The van der Waals surface area contributed by atoms with Gasteiger partial charge in [0.1, 0.15) is 0 Å².